The van der Waals surface area contributed by atoms with Crippen LogP contribution in [0.4, 0.5) is 0 Å². The van der Waals surface area contributed by atoms with Crippen molar-refractivity contribution in [3.05, 3.63) is 23.8 Å². The van der Waals surface area contributed by atoms with Crippen molar-refractivity contribution in [2.75, 3.05) is 6.61 Å². The maximum Gasteiger partial charge on any atom is 0.155 e. The number of allylic oxidation sites excluding steroid dienone is 1. The molecule has 3 saturated carbocycles. The molecular weight excluding hydrogens is 272 g/mol. The highest BCUT2D eigenvalue weighted by Crippen LogP contribution is 2.66. The first kappa shape index (κ1) is 14.7. The molecule has 5 atom stereocenters. The minimum Gasteiger partial charge on any atom is -0.395 e. The summed E-state index contributed by atoms with van der Waals surface area (Å²) >= 11 is 0. The molecule has 0 bridgehead atoms. The molecular formula is C20H28O2. The summed E-state index contributed by atoms with van der Waals surface area (Å²) in [7, 11) is 0. The molecule has 0 saturated heterocycles. The number of aliphatic hydroxyl groups excluding tert-OH is 1. The molecule has 0 aromatic heterocycles. The zero-order valence-electron chi connectivity index (χ0n) is 13.7. The number of hydrogen-bond donors (Lipinski definition) is 1. The minimum atomic E-state index is -0.0813. The number of carbonyl (C=O) groups excluding carboxylic acids is 1. The van der Waals surface area contributed by atoms with Gasteiger partial charge >= 0.3 is 0 Å². The summed E-state index contributed by atoms with van der Waals surface area (Å²) in [4.78, 5) is 11.8. The van der Waals surface area contributed by atoms with Gasteiger partial charge in [-0.15, -0.1) is 0 Å². The van der Waals surface area contributed by atoms with Crippen LogP contribution < -0.4 is 0 Å². The molecule has 120 valence electrons. The molecule has 2 heteroatoms. The van der Waals surface area contributed by atoms with Crippen LogP contribution in [0.25, 0.3) is 0 Å². The molecule has 0 aliphatic heterocycles. The number of aliphatic hydroxyl groups is 1. The van der Waals surface area contributed by atoms with E-state index in [2.05, 4.69) is 13.5 Å². The van der Waals surface area contributed by atoms with Gasteiger partial charge in [0, 0.05) is 11.8 Å². The van der Waals surface area contributed by atoms with Gasteiger partial charge < -0.3 is 5.11 Å². The second-order valence-corrected chi connectivity index (χ2v) is 8.46. The van der Waals surface area contributed by atoms with E-state index in [4.69, 9.17) is 0 Å². The Morgan fingerprint density at radius 3 is 2.77 bits per heavy atom. The van der Waals surface area contributed by atoms with Crippen LogP contribution in [0.2, 0.25) is 0 Å². The Morgan fingerprint density at radius 1 is 1.18 bits per heavy atom. The summed E-state index contributed by atoms with van der Waals surface area (Å²) in [5.41, 5.74) is 2.99. The highest BCUT2D eigenvalue weighted by Gasteiger charge is 2.58. The second-order valence-electron chi connectivity index (χ2n) is 8.46. The van der Waals surface area contributed by atoms with Gasteiger partial charge in [0.25, 0.3) is 0 Å². The molecule has 0 unspecified atom stereocenters. The van der Waals surface area contributed by atoms with Gasteiger partial charge in [0.15, 0.2) is 5.78 Å². The van der Waals surface area contributed by atoms with Crippen molar-refractivity contribution in [1.82, 2.24) is 0 Å². The monoisotopic (exact) mass is 300 g/mol. The molecule has 4 aliphatic carbocycles. The number of carbonyl (C=O) groups is 1. The summed E-state index contributed by atoms with van der Waals surface area (Å²) in [5.74, 6) is 2.32. The van der Waals surface area contributed by atoms with Gasteiger partial charge in [-0.3, -0.25) is 4.79 Å². The second kappa shape index (κ2) is 4.80. The lowest BCUT2D eigenvalue weighted by molar-refractivity contribution is -0.118. The predicted octanol–water partition coefficient (Wildman–Crippen LogP) is 4.05. The van der Waals surface area contributed by atoms with Crippen LogP contribution in [-0.4, -0.2) is 17.5 Å². The van der Waals surface area contributed by atoms with E-state index in [1.807, 2.05) is 6.08 Å². The van der Waals surface area contributed by atoms with Crippen LogP contribution in [0.5, 0.6) is 0 Å². The fourth-order valence-corrected chi connectivity index (χ4v) is 6.56. The lowest BCUT2D eigenvalue weighted by Crippen LogP contribution is -2.52. The summed E-state index contributed by atoms with van der Waals surface area (Å²) < 4.78 is 0. The summed E-state index contributed by atoms with van der Waals surface area (Å²) in [6, 6.07) is 0. The molecule has 2 nitrogen and oxygen atoms in total. The van der Waals surface area contributed by atoms with Crippen molar-refractivity contribution in [2.24, 2.45) is 28.6 Å². The van der Waals surface area contributed by atoms with Crippen molar-refractivity contribution < 1.29 is 9.90 Å². The van der Waals surface area contributed by atoms with Gasteiger partial charge in [-0.2, -0.15) is 0 Å². The van der Waals surface area contributed by atoms with Gasteiger partial charge in [0.2, 0.25) is 0 Å². The van der Waals surface area contributed by atoms with E-state index < -0.39 is 0 Å². The molecule has 0 radical (unpaired) electrons. The molecule has 0 aromatic carbocycles. The third kappa shape index (κ3) is 1.73. The molecule has 1 N–H and O–H groups in total. The van der Waals surface area contributed by atoms with E-state index in [1.165, 1.54) is 43.3 Å². The third-order valence-corrected chi connectivity index (χ3v) is 7.92. The van der Waals surface area contributed by atoms with E-state index in [0.717, 1.165) is 24.7 Å². The number of rotatable bonds is 1. The summed E-state index contributed by atoms with van der Waals surface area (Å²) in [6.45, 7) is 7.04. The SMILES string of the molecule is C=C1CC[C@H]2[C@@H]3CCC4=CC(=O)CC[C@]4(CO)[C@H]3CC[C@]12C. The standard InChI is InChI=1S/C20H28O2/c1-13-3-6-17-16-5-4-14-11-15(22)7-10-20(14,12-21)18(16)8-9-19(13,17)2/h11,16-18,21H,1,3-10,12H2,2H3/t16-,17-,18-,19+,20+/m0/s1. The maximum atomic E-state index is 11.8. The predicted molar refractivity (Wildman–Crippen MR) is 87.3 cm³/mol. The minimum absolute atomic E-state index is 0.0813. The first-order chi connectivity index (χ1) is 10.5. The van der Waals surface area contributed by atoms with Crippen molar-refractivity contribution in [2.45, 2.75) is 58.3 Å². The number of hydrogen-bond acceptors (Lipinski definition) is 2. The van der Waals surface area contributed by atoms with Crippen LogP contribution in [0.3, 0.4) is 0 Å². The van der Waals surface area contributed by atoms with E-state index in [0.29, 0.717) is 17.8 Å². The smallest absolute Gasteiger partial charge is 0.155 e. The van der Waals surface area contributed by atoms with E-state index >= 15 is 0 Å². The molecule has 4 rings (SSSR count). The van der Waals surface area contributed by atoms with E-state index in [1.54, 1.807) is 0 Å². The van der Waals surface area contributed by atoms with Crippen molar-refractivity contribution in [3.63, 3.8) is 0 Å². The van der Waals surface area contributed by atoms with Gasteiger partial charge in [-0.05, 0) is 74.2 Å². The fourth-order valence-electron chi connectivity index (χ4n) is 6.56. The highest BCUT2D eigenvalue weighted by molar-refractivity contribution is 5.91. The largest absolute Gasteiger partial charge is 0.395 e. The first-order valence-electron chi connectivity index (χ1n) is 9.04. The Labute approximate surface area is 133 Å². The maximum absolute atomic E-state index is 11.8. The Kier molecular flexibility index (Phi) is 3.21. The van der Waals surface area contributed by atoms with Crippen molar-refractivity contribution in [3.8, 4) is 0 Å². The van der Waals surface area contributed by atoms with Gasteiger partial charge in [-0.25, -0.2) is 0 Å². The number of fused-ring (bicyclic) bond motifs is 5. The Balaban J connectivity index is 1.73. The van der Waals surface area contributed by atoms with Crippen molar-refractivity contribution >= 4 is 5.78 Å². The average Bonchev–Trinajstić information content (AvgIpc) is 2.82. The van der Waals surface area contributed by atoms with E-state index in [-0.39, 0.29) is 17.8 Å². The lowest BCUT2D eigenvalue weighted by atomic mass is 9.47. The molecule has 3 fully saturated rings. The van der Waals surface area contributed by atoms with Gasteiger partial charge in [0.05, 0.1) is 6.61 Å². The summed E-state index contributed by atoms with van der Waals surface area (Å²) in [5, 5.41) is 10.3. The Bertz CT molecular complexity index is 560. The zero-order chi connectivity index (χ0) is 15.5. The highest BCUT2D eigenvalue weighted by atomic mass is 16.3. The molecule has 4 aliphatic rings. The molecule has 22 heavy (non-hydrogen) atoms. The van der Waals surface area contributed by atoms with Crippen molar-refractivity contribution in [1.29, 1.82) is 0 Å². The lowest BCUT2D eigenvalue weighted by Gasteiger charge is -2.58. The first-order valence-corrected chi connectivity index (χ1v) is 9.04. The van der Waals surface area contributed by atoms with Crippen LogP contribution in [0, 0.1) is 28.6 Å². The van der Waals surface area contributed by atoms with E-state index in [9.17, 15) is 9.90 Å². The van der Waals surface area contributed by atoms with Crippen LogP contribution in [-0.2, 0) is 4.79 Å². The summed E-state index contributed by atoms with van der Waals surface area (Å²) in [6.07, 6.45) is 10.5. The Morgan fingerprint density at radius 2 is 2.00 bits per heavy atom. The van der Waals surface area contributed by atoms with Crippen LogP contribution in [0.15, 0.2) is 23.8 Å². The molecule has 0 heterocycles. The molecule has 0 amide bonds. The topological polar surface area (TPSA) is 37.3 Å². The Hall–Kier alpha value is -0.890. The quantitative estimate of drug-likeness (QED) is 0.742. The number of ketones is 1. The third-order valence-electron chi connectivity index (χ3n) is 7.92. The average molecular weight is 300 g/mol. The fraction of sp³-hybridized carbons (Fsp3) is 0.750. The molecule has 0 aromatic rings. The normalized spacial score (nSPS) is 47.5. The molecule has 0 spiro atoms. The van der Waals surface area contributed by atoms with Crippen LogP contribution in [0.1, 0.15) is 58.3 Å². The zero-order valence-corrected chi connectivity index (χ0v) is 13.7. The van der Waals surface area contributed by atoms with Crippen LogP contribution >= 0.6 is 0 Å². The van der Waals surface area contributed by atoms with Gasteiger partial charge in [-0.1, -0.05) is 24.6 Å². The van der Waals surface area contributed by atoms with Gasteiger partial charge in [0.1, 0.15) is 0 Å².